The number of aliphatic hydroxyl groups is 1. The zero-order valence-corrected chi connectivity index (χ0v) is 20.8. The van der Waals surface area contributed by atoms with Crippen LogP contribution in [0.1, 0.15) is 45.5 Å². The van der Waals surface area contributed by atoms with Gasteiger partial charge in [0.05, 0.1) is 17.4 Å². The zero-order chi connectivity index (χ0) is 25.6. The Hall–Kier alpha value is -3.88. The summed E-state index contributed by atoms with van der Waals surface area (Å²) in [5, 5.41) is 22.7. The quantitative estimate of drug-likeness (QED) is 0.302. The van der Waals surface area contributed by atoms with E-state index in [2.05, 4.69) is 26.2 Å². The number of hydrogen-bond acceptors (Lipinski definition) is 6. The van der Waals surface area contributed by atoms with Crippen molar-refractivity contribution in [2.75, 3.05) is 42.1 Å². The van der Waals surface area contributed by atoms with Crippen LogP contribution in [-0.4, -0.2) is 54.1 Å². The molecule has 5 N–H and O–H groups in total. The molecule has 8 heteroatoms. The molecule has 0 unspecified atom stereocenters. The lowest BCUT2D eigenvalue weighted by Gasteiger charge is -2.28. The van der Waals surface area contributed by atoms with E-state index < -0.39 is 6.10 Å². The van der Waals surface area contributed by atoms with Gasteiger partial charge < -0.3 is 31.3 Å². The first kappa shape index (κ1) is 24.8. The van der Waals surface area contributed by atoms with Crippen LogP contribution in [0.3, 0.4) is 0 Å². The van der Waals surface area contributed by atoms with Crippen molar-refractivity contribution in [2.24, 2.45) is 0 Å². The Morgan fingerprint density at radius 2 is 1.65 bits per heavy atom. The molecule has 5 rings (SSSR count). The molecule has 1 atom stereocenters. The molecule has 0 bridgehead atoms. The van der Waals surface area contributed by atoms with Gasteiger partial charge in [-0.05, 0) is 74.5 Å². The number of anilines is 4. The molecular weight excluding hydrogens is 466 g/mol. The van der Waals surface area contributed by atoms with Gasteiger partial charge in [-0.1, -0.05) is 24.6 Å². The molecule has 0 saturated carbocycles. The highest BCUT2D eigenvalue weighted by Gasteiger charge is 2.26. The summed E-state index contributed by atoms with van der Waals surface area (Å²) >= 11 is 0. The van der Waals surface area contributed by atoms with Crippen LogP contribution >= 0.6 is 0 Å². The van der Waals surface area contributed by atoms with E-state index in [0.29, 0.717) is 36.4 Å². The normalized spacial score (nSPS) is 16.0. The first-order valence-electron chi connectivity index (χ1n) is 12.9. The van der Waals surface area contributed by atoms with Crippen molar-refractivity contribution in [3.05, 3.63) is 83.4 Å². The van der Waals surface area contributed by atoms with Gasteiger partial charge >= 0.3 is 0 Å². The second-order valence-electron chi connectivity index (χ2n) is 9.62. The summed E-state index contributed by atoms with van der Waals surface area (Å²) in [5.74, 6) is -0.493. The first-order chi connectivity index (χ1) is 18.1. The predicted molar refractivity (Wildman–Crippen MR) is 147 cm³/mol. The molecule has 2 amide bonds. The van der Waals surface area contributed by atoms with Crippen molar-refractivity contribution in [2.45, 2.75) is 31.9 Å². The average molecular weight is 500 g/mol. The van der Waals surface area contributed by atoms with Gasteiger partial charge in [0.15, 0.2) is 0 Å². The van der Waals surface area contributed by atoms with Crippen LogP contribution in [0.25, 0.3) is 0 Å². The van der Waals surface area contributed by atoms with E-state index in [1.165, 1.54) is 19.3 Å². The van der Waals surface area contributed by atoms with Crippen molar-refractivity contribution in [1.82, 2.24) is 10.2 Å². The van der Waals surface area contributed by atoms with Gasteiger partial charge in [0, 0.05) is 47.8 Å². The number of para-hydroxylation sites is 1. The minimum absolute atomic E-state index is 0.204. The van der Waals surface area contributed by atoms with Gasteiger partial charge in [-0.3, -0.25) is 9.59 Å². The number of rotatable bonds is 9. The van der Waals surface area contributed by atoms with Crippen LogP contribution in [0.4, 0.5) is 22.7 Å². The number of amides is 2. The Labute approximate surface area is 217 Å². The molecule has 0 spiro atoms. The monoisotopic (exact) mass is 499 g/mol. The van der Waals surface area contributed by atoms with Gasteiger partial charge in [0.1, 0.15) is 0 Å². The molecule has 0 aromatic heterocycles. The summed E-state index contributed by atoms with van der Waals surface area (Å²) in [6.07, 6.45) is 3.23. The van der Waals surface area contributed by atoms with Crippen LogP contribution in [0.2, 0.25) is 0 Å². The third kappa shape index (κ3) is 6.10. The first-order valence-corrected chi connectivity index (χ1v) is 12.9. The van der Waals surface area contributed by atoms with Gasteiger partial charge in [-0.2, -0.15) is 0 Å². The molecule has 1 saturated heterocycles. The second kappa shape index (κ2) is 11.5. The van der Waals surface area contributed by atoms with Gasteiger partial charge in [-0.15, -0.1) is 0 Å². The van der Waals surface area contributed by atoms with E-state index in [-0.39, 0.29) is 11.8 Å². The molecule has 3 aromatic carbocycles. The highest BCUT2D eigenvalue weighted by atomic mass is 16.3. The zero-order valence-electron chi connectivity index (χ0n) is 20.8. The number of likely N-dealkylation sites (tertiary alicyclic amines) is 1. The SMILES string of the molecule is O=C(Nc1ccc(Nc2ccccc2)c2c1C(=O)NC2)c1ccc(NC[C@H](O)CN2CCCCC2)cc1. The summed E-state index contributed by atoms with van der Waals surface area (Å²) in [5.41, 5.74) is 4.87. The molecule has 0 radical (unpaired) electrons. The summed E-state index contributed by atoms with van der Waals surface area (Å²) in [7, 11) is 0. The fraction of sp³-hybridized carbons (Fsp3) is 0.310. The van der Waals surface area contributed by atoms with Crippen molar-refractivity contribution in [1.29, 1.82) is 0 Å². The number of aliphatic hydroxyl groups excluding tert-OH is 1. The van der Waals surface area contributed by atoms with E-state index in [1.54, 1.807) is 18.2 Å². The largest absolute Gasteiger partial charge is 0.390 e. The fourth-order valence-electron chi connectivity index (χ4n) is 4.92. The minimum atomic E-state index is -0.450. The smallest absolute Gasteiger partial charge is 0.255 e. The summed E-state index contributed by atoms with van der Waals surface area (Å²) < 4.78 is 0. The van der Waals surface area contributed by atoms with Gasteiger partial charge in [0.25, 0.3) is 11.8 Å². The summed E-state index contributed by atoms with van der Waals surface area (Å²) in [6, 6.07) is 20.5. The molecule has 192 valence electrons. The predicted octanol–water partition coefficient (Wildman–Crippen LogP) is 4.18. The second-order valence-corrected chi connectivity index (χ2v) is 9.62. The maximum atomic E-state index is 13.0. The van der Waals surface area contributed by atoms with Crippen LogP contribution in [0.15, 0.2) is 66.7 Å². The number of carbonyl (C=O) groups excluding carboxylic acids is 2. The molecule has 1 fully saturated rings. The third-order valence-corrected chi connectivity index (χ3v) is 6.87. The van der Waals surface area contributed by atoms with E-state index in [4.69, 9.17) is 0 Å². The Bertz CT molecular complexity index is 1240. The fourth-order valence-corrected chi connectivity index (χ4v) is 4.92. The van der Waals surface area contributed by atoms with E-state index >= 15 is 0 Å². The number of benzene rings is 3. The highest BCUT2D eigenvalue weighted by Crippen LogP contribution is 2.33. The van der Waals surface area contributed by atoms with Crippen LogP contribution in [0, 0.1) is 0 Å². The maximum Gasteiger partial charge on any atom is 0.255 e. The van der Waals surface area contributed by atoms with Crippen LogP contribution < -0.4 is 21.3 Å². The molecule has 2 aliphatic rings. The van der Waals surface area contributed by atoms with Gasteiger partial charge in [-0.25, -0.2) is 0 Å². The molecule has 2 heterocycles. The van der Waals surface area contributed by atoms with Crippen molar-refractivity contribution >= 4 is 34.6 Å². The minimum Gasteiger partial charge on any atom is -0.390 e. The third-order valence-electron chi connectivity index (χ3n) is 6.87. The average Bonchev–Trinajstić information content (AvgIpc) is 3.32. The lowest BCUT2D eigenvalue weighted by atomic mass is 10.0. The number of nitrogens with one attached hydrogen (secondary N) is 4. The molecular formula is C29H33N5O3. The van der Waals surface area contributed by atoms with E-state index in [1.807, 2.05) is 48.5 Å². The molecule has 8 nitrogen and oxygen atoms in total. The number of hydrogen-bond donors (Lipinski definition) is 5. The number of fused-ring (bicyclic) bond motifs is 1. The highest BCUT2D eigenvalue weighted by molar-refractivity contribution is 6.11. The number of β-amino-alcohol motifs (C(OH)–C–C–N with tert-alkyl or cyclic N) is 1. The maximum absolute atomic E-state index is 13.0. The van der Waals surface area contributed by atoms with Crippen molar-refractivity contribution < 1.29 is 14.7 Å². The molecule has 0 aliphatic carbocycles. The van der Waals surface area contributed by atoms with Crippen molar-refractivity contribution in [3.8, 4) is 0 Å². The summed E-state index contributed by atoms with van der Waals surface area (Å²) in [4.78, 5) is 27.9. The molecule has 37 heavy (non-hydrogen) atoms. The number of piperidine rings is 1. The topological polar surface area (TPSA) is 106 Å². The van der Waals surface area contributed by atoms with E-state index in [9.17, 15) is 14.7 Å². The van der Waals surface area contributed by atoms with Crippen LogP contribution in [-0.2, 0) is 6.54 Å². The lowest BCUT2D eigenvalue weighted by Crippen LogP contribution is -2.39. The van der Waals surface area contributed by atoms with Crippen LogP contribution in [0.5, 0.6) is 0 Å². The van der Waals surface area contributed by atoms with E-state index in [0.717, 1.165) is 35.7 Å². The number of carbonyl (C=O) groups is 2. The molecule has 3 aromatic rings. The Balaban J connectivity index is 1.20. The standard InChI is InChI=1S/C29H33N5O3/c35-23(19-34-15-5-2-6-16-34)17-30-21-11-9-20(10-12-21)28(36)33-26-14-13-25(24-18-31-29(37)27(24)26)32-22-7-3-1-4-8-22/h1,3-4,7-14,23,30,32,35H,2,5-6,15-19H2,(H,31,37)(H,33,36)/t23-/m0/s1. The Kier molecular flexibility index (Phi) is 7.67. The summed E-state index contributed by atoms with van der Waals surface area (Å²) in [6.45, 7) is 3.63. The lowest BCUT2D eigenvalue weighted by molar-refractivity contribution is 0.0966. The Morgan fingerprint density at radius 3 is 2.41 bits per heavy atom. The molecule has 2 aliphatic heterocycles. The van der Waals surface area contributed by atoms with Gasteiger partial charge in [0.2, 0.25) is 0 Å². The van der Waals surface area contributed by atoms with Crippen molar-refractivity contribution in [3.63, 3.8) is 0 Å². The Morgan fingerprint density at radius 1 is 0.919 bits per heavy atom. The number of nitrogens with zero attached hydrogens (tertiary/aromatic N) is 1.